The minimum absolute atomic E-state index is 0.232. The van der Waals surface area contributed by atoms with Crippen LogP contribution < -0.4 is 10.5 Å². The number of rotatable bonds is 4. The predicted molar refractivity (Wildman–Crippen MR) is 84.6 cm³/mol. The summed E-state index contributed by atoms with van der Waals surface area (Å²) >= 11 is 0. The van der Waals surface area contributed by atoms with Gasteiger partial charge in [-0.2, -0.15) is 17.5 Å². The highest BCUT2D eigenvalue weighted by atomic mass is 32.2. The Morgan fingerprint density at radius 2 is 1.96 bits per heavy atom. The first-order valence-electron chi connectivity index (χ1n) is 7.63. The van der Waals surface area contributed by atoms with Crippen molar-refractivity contribution >= 4 is 10.0 Å². The molecule has 0 aliphatic carbocycles. The average molecular weight is 382 g/mol. The van der Waals surface area contributed by atoms with E-state index in [9.17, 15) is 26.7 Å². The van der Waals surface area contributed by atoms with Crippen LogP contribution in [0.25, 0.3) is 0 Å². The van der Waals surface area contributed by atoms with Gasteiger partial charge in [0.05, 0.1) is 10.9 Å². The normalized spacial score (nSPS) is 23.2. The van der Waals surface area contributed by atoms with Crippen molar-refractivity contribution in [2.45, 2.75) is 49.6 Å². The molecule has 0 saturated carbocycles. The van der Waals surface area contributed by atoms with E-state index in [1.165, 1.54) is 19.1 Å². The van der Waals surface area contributed by atoms with Crippen molar-refractivity contribution in [3.63, 3.8) is 0 Å². The fraction of sp³-hybridized carbons (Fsp3) is 0.600. The van der Waals surface area contributed by atoms with Crippen LogP contribution in [0.5, 0.6) is 5.75 Å². The van der Waals surface area contributed by atoms with E-state index in [0.29, 0.717) is 10.1 Å². The Morgan fingerprint density at radius 1 is 1.36 bits per heavy atom. The van der Waals surface area contributed by atoms with Gasteiger partial charge >= 0.3 is 6.18 Å². The summed E-state index contributed by atoms with van der Waals surface area (Å²) in [4.78, 5) is -0.330. The Bertz CT molecular complexity index is 750. The second kappa shape index (κ2) is 6.42. The molecule has 0 spiro atoms. The lowest BCUT2D eigenvalue weighted by Gasteiger charge is -2.40. The van der Waals surface area contributed by atoms with Crippen LogP contribution in [0.2, 0.25) is 0 Å². The molecule has 10 heteroatoms. The van der Waals surface area contributed by atoms with E-state index < -0.39 is 40.5 Å². The molecule has 0 amide bonds. The molecule has 0 aromatic heterocycles. The molecular formula is C15H21F3N2O4S. The van der Waals surface area contributed by atoms with Gasteiger partial charge < -0.3 is 15.6 Å². The van der Waals surface area contributed by atoms with Crippen molar-refractivity contribution in [2.24, 2.45) is 5.73 Å². The quantitative estimate of drug-likeness (QED) is 0.828. The Balaban J connectivity index is 2.45. The van der Waals surface area contributed by atoms with E-state index in [2.05, 4.69) is 0 Å². The van der Waals surface area contributed by atoms with Gasteiger partial charge in [0.2, 0.25) is 10.0 Å². The minimum atomic E-state index is -4.66. The van der Waals surface area contributed by atoms with Gasteiger partial charge in [0.1, 0.15) is 24.0 Å². The molecule has 142 valence electrons. The fourth-order valence-corrected chi connectivity index (χ4v) is 4.17. The molecule has 6 nitrogen and oxygen atoms in total. The summed E-state index contributed by atoms with van der Waals surface area (Å²) in [6.07, 6.45) is -5.76. The van der Waals surface area contributed by atoms with Gasteiger partial charge in [-0.05, 0) is 32.0 Å². The van der Waals surface area contributed by atoms with Crippen LogP contribution in [0, 0.1) is 0 Å². The Morgan fingerprint density at radius 3 is 2.48 bits per heavy atom. The van der Waals surface area contributed by atoms with Gasteiger partial charge in [-0.3, -0.25) is 0 Å². The molecule has 0 radical (unpaired) electrons. The lowest BCUT2D eigenvalue weighted by atomic mass is 9.87. The maximum absolute atomic E-state index is 12.6. The number of aliphatic hydroxyl groups is 1. The first-order chi connectivity index (χ1) is 11.3. The second-order valence-electron chi connectivity index (χ2n) is 6.42. The van der Waals surface area contributed by atoms with Gasteiger partial charge in [-0.15, -0.1) is 0 Å². The van der Waals surface area contributed by atoms with E-state index in [0.717, 1.165) is 6.07 Å². The molecule has 1 heterocycles. The topological polar surface area (TPSA) is 92.9 Å². The van der Waals surface area contributed by atoms with Crippen LogP contribution >= 0.6 is 0 Å². The van der Waals surface area contributed by atoms with Crippen LogP contribution in [-0.4, -0.2) is 48.8 Å². The molecule has 2 atom stereocenters. The average Bonchev–Trinajstić information content (AvgIpc) is 2.48. The molecule has 0 saturated heterocycles. The van der Waals surface area contributed by atoms with E-state index in [4.69, 9.17) is 10.5 Å². The van der Waals surface area contributed by atoms with Gasteiger partial charge in [0.15, 0.2) is 0 Å². The summed E-state index contributed by atoms with van der Waals surface area (Å²) in [6, 6.07) is 2.75. The number of halogens is 3. The predicted octanol–water partition coefficient (Wildman–Crippen LogP) is 1.79. The third kappa shape index (κ3) is 3.91. The molecule has 3 N–H and O–H groups in total. The van der Waals surface area contributed by atoms with Crippen LogP contribution in [0.1, 0.15) is 32.4 Å². The highest BCUT2D eigenvalue weighted by Gasteiger charge is 2.42. The fourth-order valence-electron chi connectivity index (χ4n) is 2.70. The van der Waals surface area contributed by atoms with Crippen molar-refractivity contribution in [2.75, 3.05) is 13.1 Å². The molecule has 0 bridgehead atoms. The van der Waals surface area contributed by atoms with E-state index in [1.54, 1.807) is 13.8 Å². The van der Waals surface area contributed by atoms with Crippen LogP contribution in [0.4, 0.5) is 13.2 Å². The summed E-state index contributed by atoms with van der Waals surface area (Å²) in [5.74, 6) is 0.292. The summed E-state index contributed by atoms with van der Waals surface area (Å²) < 4.78 is 68.9. The van der Waals surface area contributed by atoms with Crippen molar-refractivity contribution in [3.8, 4) is 5.75 Å². The van der Waals surface area contributed by atoms with Crippen molar-refractivity contribution in [1.82, 2.24) is 4.31 Å². The van der Waals surface area contributed by atoms with Crippen LogP contribution in [0.3, 0.4) is 0 Å². The van der Waals surface area contributed by atoms with Crippen molar-refractivity contribution < 1.29 is 31.4 Å². The van der Waals surface area contributed by atoms with Crippen molar-refractivity contribution in [1.29, 1.82) is 0 Å². The second-order valence-corrected chi connectivity index (χ2v) is 8.36. The van der Waals surface area contributed by atoms with Gasteiger partial charge in [-0.1, -0.05) is 6.92 Å². The number of benzene rings is 1. The van der Waals surface area contributed by atoms with Gasteiger partial charge in [0, 0.05) is 12.1 Å². The highest BCUT2D eigenvalue weighted by molar-refractivity contribution is 7.89. The number of alkyl halides is 3. The number of fused-ring (bicyclic) bond motifs is 1. The largest absolute Gasteiger partial charge is 0.485 e. The smallest absolute Gasteiger partial charge is 0.402 e. The van der Waals surface area contributed by atoms with Gasteiger partial charge in [0.25, 0.3) is 0 Å². The Kier molecular flexibility index (Phi) is 5.12. The zero-order valence-electron chi connectivity index (χ0n) is 14.0. The number of hydrogen-bond acceptors (Lipinski definition) is 5. The Labute approximate surface area is 144 Å². The van der Waals surface area contributed by atoms with Gasteiger partial charge in [-0.25, -0.2) is 8.42 Å². The monoisotopic (exact) mass is 382 g/mol. The molecule has 1 aromatic carbocycles. The molecule has 1 aliphatic heterocycles. The number of ether oxygens (including phenoxy) is 1. The summed E-state index contributed by atoms with van der Waals surface area (Å²) in [6.45, 7) is 2.67. The standard InChI is InChI=1S/C15H21F3N2O4S/c1-4-20(8-15(16,17)18)25(22,23)9-5-6-11-10(7-9)12(19)13(21)14(2,3)24-11/h5-7,12-13,21H,4,8,19H2,1-3H3/t12-,13+/m1/s1. The summed E-state index contributed by atoms with van der Waals surface area (Å²) in [7, 11) is -4.37. The van der Waals surface area contributed by atoms with E-state index in [1.807, 2.05) is 0 Å². The van der Waals surface area contributed by atoms with Crippen LogP contribution in [0.15, 0.2) is 23.1 Å². The molecule has 2 rings (SSSR count). The zero-order chi connectivity index (χ0) is 19.2. The number of nitrogens with zero attached hydrogens (tertiary/aromatic N) is 1. The molecule has 25 heavy (non-hydrogen) atoms. The van der Waals surface area contributed by atoms with Crippen LogP contribution in [-0.2, 0) is 10.0 Å². The number of nitrogens with two attached hydrogens (primary N) is 1. The first kappa shape index (κ1) is 20.0. The van der Waals surface area contributed by atoms with E-state index >= 15 is 0 Å². The molecule has 1 aromatic rings. The Hall–Kier alpha value is -1.36. The third-order valence-corrected chi connectivity index (χ3v) is 6.03. The minimum Gasteiger partial charge on any atom is -0.485 e. The number of aliphatic hydroxyl groups excluding tert-OH is 1. The van der Waals surface area contributed by atoms with Crippen molar-refractivity contribution in [3.05, 3.63) is 23.8 Å². The highest BCUT2D eigenvalue weighted by Crippen LogP contribution is 2.40. The summed E-state index contributed by atoms with van der Waals surface area (Å²) in [5, 5.41) is 10.2. The third-order valence-electron chi connectivity index (χ3n) is 4.11. The molecule has 0 fully saturated rings. The first-order valence-corrected chi connectivity index (χ1v) is 9.07. The lowest BCUT2D eigenvalue weighted by Crippen LogP contribution is -2.51. The molecular weight excluding hydrogens is 361 g/mol. The maximum Gasteiger partial charge on any atom is 0.402 e. The van der Waals surface area contributed by atoms with E-state index in [-0.39, 0.29) is 17.0 Å². The summed E-state index contributed by atoms with van der Waals surface area (Å²) in [5.41, 5.74) is 5.23. The zero-order valence-corrected chi connectivity index (χ0v) is 14.9. The number of hydrogen-bond donors (Lipinski definition) is 2. The molecule has 0 unspecified atom stereocenters. The number of sulfonamides is 1. The SMILES string of the molecule is CCN(CC(F)(F)F)S(=O)(=O)c1ccc2c(c1)[C@@H](N)[C@H](O)C(C)(C)O2. The lowest BCUT2D eigenvalue weighted by molar-refractivity contribution is -0.135. The maximum atomic E-state index is 12.6. The molecule has 1 aliphatic rings.